The van der Waals surface area contributed by atoms with Gasteiger partial charge in [-0.05, 0) is 6.07 Å². The molecule has 0 aliphatic carbocycles. The average Bonchev–Trinajstić information content (AvgIpc) is 2.90. The molecule has 0 radical (unpaired) electrons. The summed E-state index contributed by atoms with van der Waals surface area (Å²) in [5.41, 5.74) is -0.0732. The number of aromatic carboxylic acids is 1. The van der Waals surface area contributed by atoms with E-state index in [1.165, 1.54) is 16.9 Å². The summed E-state index contributed by atoms with van der Waals surface area (Å²) in [6.07, 6.45) is 1.26. The minimum absolute atomic E-state index is 0.0481. The van der Waals surface area contributed by atoms with Gasteiger partial charge in [0.1, 0.15) is 0 Å². The van der Waals surface area contributed by atoms with Gasteiger partial charge in [-0.1, -0.05) is 28.4 Å². The maximum atomic E-state index is 11.9. The number of halogens is 2. The van der Waals surface area contributed by atoms with Crippen LogP contribution in [0.25, 0.3) is 0 Å². The molecule has 1 amide bonds. The van der Waals surface area contributed by atoms with E-state index in [-0.39, 0.29) is 34.7 Å². The van der Waals surface area contributed by atoms with Crippen LogP contribution in [0.3, 0.4) is 0 Å². The molecule has 2 N–H and O–H groups in total. The van der Waals surface area contributed by atoms with E-state index in [1.807, 2.05) is 0 Å². The van der Waals surface area contributed by atoms with Gasteiger partial charge in [0.05, 0.1) is 18.3 Å². The van der Waals surface area contributed by atoms with Gasteiger partial charge < -0.3 is 10.4 Å². The monoisotopic (exact) mass is 330 g/mol. The number of carboxylic acids is 1. The second-order valence-corrected chi connectivity index (χ2v) is 4.54. The molecule has 0 aromatic carbocycles. The number of nitrogens with one attached hydrogen (secondary N) is 1. The topological polar surface area (TPSA) is 123 Å². The molecule has 0 spiro atoms. The lowest BCUT2D eigenvalue weighted by Gasteiger charge is -2.05. The quantitative estimate of drug-likeness (QED) is 0.818. The van der Waals surface area contributed by atoms with Crippen molar-refractivity contribution in [2.75, 3.05) is 6.54 Å². The molecule has 0 atom stereocenters. The predicted molar refractivity (Wildman–Crippen MR) is 71.4 cm³/mol. The van der Waals surface area contributed by atoms with Crippen LogP contribution in [0.15, 0.2) is 12.3 Å². The van der Waals surface area contributed by atoms with E-state index in [0.717, 1.165) is 0 Å². The van der Waals surface area contributed by atoms with Gasteiger partial charge in [-0.2, -0.15) is 0 Å². The zero-order valence-corrected chi connectivity index (χ0v) is 11.8. The minimum Gasteiger partial charge on any atom is -0.476 e. The minimum atomic E-state index is -1.17. The second kappa shape index (κ2) is 6.46. The molecular formula is C10H8Cl2N6O3. The molecule has 0 aliphatic rings. The Morgan fingerprint density at radius 1 is 1.29 bits per heavy atom. The van der Waals surface area contributed by atoms with Crippen molar-refractivity contribution in [1.29, 1.82) is 0 Å². The number of aromatic nitrogens is 5. The van der Waals surface area contributed by atoms with E-state index < -0.39 is 11.9 Å². The second-order valence-electron chi connectivity index (χ2n) is 3.80. The molecule has 2 rings (SSSR count). The van der Waals surface area contributed by atoms with Gasteiger partial charge in [0.15, 0.2) is 16.0 Å². The third kappa shape index (κ3) is 3.86. The zero-order valence-electron chi connectivity index (χ0n) is 10.3. The van der Waals surface area contributed by atoms with Crippen LogP contribution >= 0.6 is 23.2 Å². The van der Waals surface area contributed by atoms with Gasteiger partial charge in [0.2, 0.25) is 0 Å². The van der Waals surface area contributed by atoms with E-state index in [1.54, 1.807) is 0 Å². The molecule has 0 fully saturated rings. The largest absolute Gasteiger partial charge is 0.476 e. The van der Waals surface area contributed by atoms with Gasteiger partial charge in [-0.3, -0.25) is 4.79 Å². The lowest BCUT2D eigenvalue weighted by atomic mass is 10.3. The molecule has 0 aliphatic heterocycles. The fraction of sp³-hybridized carbons (Fsp3) is 0.200. The number of carbonyl (C=O) groups is 2. The third-order valence-electron chi connectivity index (χ3n) is 2.35. The number of carboxylic acid groups (broad SMARTS) is 1. The van der Waals surface area contributed by atoms with E-state index in [4.69, 9.17) is 28.3 Å². The lowest BCUT2D eigenvalue weighted by molar-refractivity contribution is 0.0690. The molecule has 21 heavy (non-hydrogen) atoms. The van der Waals surface area contributed by atoms with Crippen molar-refractivity contribution in [3.8, 4) is 0 Å². The highest BCUT2D eigenvalue weighted by molar-refractivity contribution is 6.34. The van der Waals surface area contributed by atoms with Crippen LogP contribution in [0.5, 0.6) is 0 Å². The van der Waals surface area contributed by atoms with Crippen LogP contribution < -0.4 is 5.32 Å². The molecule has 0 bridgehead atoms. The van der Waals surface area contributed by atoms with E-state index in [2.05, 4.69) is 25.8 Å². The Labute approximate surface area is 127 Å². The molecule has 2 heterocycles. The molecule has 0 unspecified atom stereocenters. The number of nitrogens with zero attached hydrogens (tertiary/aromatic N) is 5. The third-order valence-corrected chi connectivity index (χ3v) is 2.81. The van der Waals surface area contributed by atoms with Gasteiger partial charge in [-0.25, -0.2) is 9.48 Å². The molecule has 11 heteroatoms. The summed E-state index contributed by atoms with van der Waals surface area (Å²) in [6, 6.07) is 1.30. The first-order valence-corrected chi connectivity index (χ1v) is 6.33. The first-order chi connectivity index (χ1) is 9.97. The van der Waals surface area contributed by atoms with Crippen molar-refractivity contribution in [2.24, 2.45) is 0 Å². The Balaban J connectivity index is 1.92. The molecule has 2 aromatic rings. The van der Waals surface area contributed by atoms with E-state index in [9.17, 15) is 9.59 Å². The smallest absolute Gasteiger partial charge is 0.358 e. The van der Waals surface area contributed by atoms with Crippen LogP contribution in [-0.2, 0) is 6.54 Å². The van der Waals surface area contributed by atoms with Crippen molar-refractivity contribution in [3.05, 3.63) is 33.8 Å². The number of hydrogen-bond donors (Lipinski definition) is 2. The van der Waals surface area contributed by atoms with Crippen molar-refractivity contribution in [2.45, 2.75) is 6.54 Å². The summed E-state index contributed by atoms with van der Waals surface area (Å²) in [6.45, 7) is 0.438. The summed E-state index contributed by atoms with van der Waals surface area (Å²) in [5, 5.41) is 25.3. The van der Waals surface area contributed by atoms with Crippen molar-refractivity contribution in [3.63, 3.8) is 0 Å². The van der Waals surface area contributed by atoms with Crippen LogP contribution in [0.4, 0.5) is 0 Å². The summed E-state index contributed by atoms with van der Waals surface area (Å²) in [5.74, 6) is -1.65. The normalized spacial score (nSPS) is 10.4. The number of rotatable bonds is 5. The van der Waals surface area contributed by atoms with Crippen LogP contribution in [0.2, 0.25) is 10.3 Å². The van der Waals surface area contributed by atoms with Crippen molar-refractivity contribution in [1.82, 2.24) is 30.5 Å². The molecule has 110 valence electrons. The Bertz CT molecular complexity index is 689. The van der Waals surface area contributed by atoms with E-state index >= 15 is 0 Å². The predicted octanol–water partition coefficient (Wildman–Crippen LogP) is 0.503. The first kappa shape index (κ1) is 15.1. The van der Waals surface area contributed by atoms with Crippen LogP contribution in [0.1, 0.15) is 20.8 Å². The fourth-order valence-electron chi connectivity index (χ4n) is 1.40. The Morgan fingerprint density at radius 3 is 2.71 bits per heavy atom. The molecule has 0 saturated heterocycles. The number of amides is 1. The summed E-state index contributed by atoms with van der Waals surface area (Å²) in [4.78, 5) is 22.5. The fourth-order valence-corrected chi connectivity index (χ4v) is 1.72. The van der Waals surface area contributed by atoms with E-state index in [0.29, 0.717) is 0 Å². The lowest BCUT2D eigenvalue weighted by Crippen LogP contribution is -2.28. The standard InChI is InChI=1S/C10H8Cl2N6O3/c11-7-3-5(8(12)16-15-7)9(19)13-1-2-18-4-6(10(20)21)14-17-18/h3-4H,1-2H2,(H,13,19)(H,20,21). The summed E-state index contributed by atoms with van der Waals surface area (Å²) in [7, 11) is 0. The molecule has 0 saturated carbocycles. The maximum absolute atomic E-state index is 11.9. The van der Waals surface area contributed by atoms with Gasteiger partial charge in [0, 0.05) is 6.54 Å². The Hall–Kier alpha value is -2.26. The zero-order chi connectivity index (χ0) is 15.4. The van der Waals surface area contributed by atoms with Crippen molar-refractivity contribution < 1.29 is 14.7 Å². The Kier molecular flexibility index (Phi) is 4.66. The number of hydrogen-bond acceptors (Lipinski definition) is 6. The highest BCUT2D eigenvalue weighted by Crippen LogP contribution is 2.14. The highest BCUT2D eigenvalue weighted by Gasteiger charge is 2.13. The first-order valence-electron chi connectivity index (χ1n) is 5.57. The Morgan fingerprint density at radius 2 is 2.05 bits per heavy atom. The average molecular weight is 331 g/mol. The molecule has 2 aromatic heterocycles. The van der Waals surface area contributed by atoms with Crippen LogP contribution in [0, 0.1) is 0 Å². The molecule has 9 nitrogen and oxygen atoms in total. The number of carbonyl (C=O) groups excluding carboxylic acids is 1. The summed E-state index contributed by atoms with van der Waals surface area (Å²) < 4.78 is 1.29. The van der Waals surface area contributed by atoms with Gasteiger partial charge in [-0.15, -0.1) is 15.3 Å². The maximum Gasteiger partial charge on any atom is 0.358 e. The van der Waals surface area contributed by atoms with Crippen molar-refractivity contribution >= 4 is 35.1 Å². The van der Waals surface area contributed by atoms with Crippen LogP contribution in [-0.4, -0.2) is 48.7 Å². The highest BCUT2D eigenvalue weighted by atomic mass is 35.5. The SMILES string of the molecule is O=C(O)c1cn(CCNC(=O)c2cc(Cl)nnc2Cl)nn1. The summed E-state index contributed by atoms with van der Waals surface area (Å²) >= 11 is 11.4. The van der Waals surface area contributed by atoms with Gasteiger partial charge >= 0.3 is 5.97 Å². The molecular weight excluding hydrogens is 323 g/mol. The van der Waals surface area contributed by atoms with Gasteiger partial charge in [0.25, 0.3) is 5.91 Å².